The number of hydrogen-bond acceptors (Lipinski definition) is 2. The molecule has 14 heavy (non-hydrogen) atoms. The largest absolute Gasteiger partial charge is 0.389 e. The highest BCUT2D eigenvalue weighted by atomic mass is 79.9. The molecule has 0 aliphatic carbocycles. The van der Waals surface area contributed by atoms with Crippen molar-refractivity contribution >= 4 is 22.2 Å². The summed E-state index contributed by atoms with van der Waals surface area (Å²) in [5.74, 6) is 0. The summed E-state index contributed by atoms with van der Waals surface area (Å²) in [6.45, 7) is 1.67. The molecule has 1 aromatic rings. The molecule has 3 heteroatoms. The topological polar surface area (TPSA) is 37.3 Å². The molecule has 1 unspecified atom stereocenters. The van der Waals surface area contributed by atoms with Crippen molar-refractivity contribution in [3.63, 3.8) is 0 Å². The van der Waals surface area contributed by atoms with Crippen molar-refractivity contribution in [2.45, 2.75) is 25.4 Å². The molecule has 1 rings (SSSR count). The second-order valence-corrected chi connectivity index (χ2v) is 4.49. The van der Waals surface area contributed by atoms with E-state index in [0.717, 1.165) is 16.3 Å². The van der Waals surface area contributed by atoms with E-state index in [2.05, 4.69) is 15.9 Å². The van der Waals surface area contributed by atoms with Crippen molar-refractivity contribution in [2.75, 3.05) is 0 Å². The van der Waals surface area contributed by atoms with Gasteiger partial charge in [0.2, 0.25) is 0 Å². The average molecular weight is 257 g/mol. The standard InChI is InChI=1S/C11H13BrO2/c1-11(14,6-7-13)8-9-4-2-3-5-10(9)12/h2-5,7,14H,6,8H2,1H3. The van der Waals surface area contributed by atoms with Crippen LogP contribution in [0.2, 0.25) is 0 Å². The minimum absolute atomic E-state index is 0.161. The summed E-state index contributed by atoms with van der Waals surface area (Å²) in [6, 6.07) is 7.69. The first-order chi connectivity index (χ1) is 6.55. The van der Waals surface area contributed by atoms with Crippen molar-refractivity contribution in [2.24, 2.45) is 0 Å². The number of hydrogen-bond donors (Lipinski definition) is 1. The zero-order valence-corrected chi connectivity index (χ0v) is 9.62. The summed E-state index contributed by atoms with van der Waals surface area (Å²) in [6.07, 6.45) is 1.39. The molecular weight excluding hydrogens is 244 g/mol. The lowest BCUT2D eigenvalue weighted by molar-refractivity contribution is -0.111. The van der Waals surface area contributed by atoms with Gasteiger partial charge in [0.15, 0.2) is 0 Å². The molecule has 0 amide bonds. The van der Waals surface area contributed by atoms with Crippen LogP contribution >= 0.6 is 15.9 Å². The molecule has 0 bridgehead atoms. The van der Waals surface area contributed by atoms with Gasteiger partial charge >= 0.3 is 0 Å². The second-order valence-electron chi connectivity index (χ2n) is 3.64. The van der Waals surface area contributed by atoms with Crippen molar-refractivity contribution in [3.05, 3.63) is 34.3 Å². The lowest BCUT2D eigenvalue weighted by Gasteiger charge is -2.21. The number of benzene rings is 1. The van der Waals surface area contributed by atoms with Gasteiger partial charge in [-0.25, -0.2) is 0 Å². The van der Waals surface area contributed by atoms with E-state index >= 15 is 0 Å². The van der Waals surface area contributed by atoms with Crippen LogP contribution in [0.15, 0.2) is 28.7 Å². The van der Waals surface area contributed by atoms with Crippen LogP contribution in [0.4, 0.5) is 0 Å². The van der Waals surface area contributed by atoms with Gasteiger partial charge in [-0.1, -0.05) is 34.1 Å². The SMILES string of the molecule is CC(O)(CC=O)Cc1ccccc1Br. The number of carbonyl (C=O) groups is 1. The number of aliphatic hydroxyl groups is 1. The normalized spacial score (nSPS) is 14.8. The molecule has 0 fully saturated rings. The maximum absolute atomic E-state index is 10.3. The fourth-order valence-electron chi connectivity index (χ4n) is 1.30. The van der Waals surface area contributed by atoms with Gasteiger partial charge in [0.05, 0.1) is 5.60 Å². The summed E-state index contributed by atoms with van der Waals surface area (Å²) < 4.78 is 0.964. The maximum Gasteiger partial charge on any atom is 0.122 e. The monoisotopic (exact) mass is 256 g/mol. The smallest absolute Gasteiger partial charge is 0.122 e. The predicted octanol–water partition coefficient (Wildman–Crippen LogP) is 2.33. The quantitative estimate of drug-likeness (QED) is 0.840. The summed E-state index contributed by atoms with van der Waals surface area (Å²) in [5.41, 5.74) is 0.0605. The highest BCUT2D eigenvalue weighted by Gasteiger charge is 2.21. The van der Waals surface area contributed by atoms with Crippen molar-refractivity contribution < 1.29 is 9.90 Å². The Morgan fingerprint density at radius 2 is 2.14 bits per heavy atom. The van der Waals surface area contributed by atoms with Gasteiger partial charge < -0.3 is 9.90 Å². The summed E-state index contributed by atoms with van der Waals surface area (Å²) in [5, 5.41) is 9.84. The van der Waals surface area contributed by atoms with Gasteiger partial charge in [0, 0.05) is 17.3 Å². The zero-order valence-electron chi connectivity index (χ0n) is 8.03. The number of halogens is 1. The van der Waals surface area contributed by atoms with Gasteiger partial charge in [0.25, 0.3) is 0 Å². The molecule has 1 N–H and O–H groups in total. The van der Waals surface area contributed by atoms with Gasteiger partial charge in [-0.2, -0.15) is 0 Å². The van der Waals surface area contributed by atoms with Crippen molar-refractivity contribution in [1.29, 1.82) is 0 Å². The Morgan fingerprint density at radius 3 is 2.71 bits per heavy atom. The van der Waals surface area contributed by atoms with Crippen LogP contribution in [0, 0.1) is 0 Å². The third kappa shape index (κ3) is 3.24. The van der Waals surface area contributed by atoms with Crippen LogP contribution < -0.4 is 0 Å². The Hall–Kier alpha value is -0.670. The molecule has 0 radical (unpaired) electrons. The van der Waals surface area contributed by atoms with Crippen molar-refractivity contribution in [1.82, 2.24) is 0 Å². The Balaban J connectivity index is 2.78. The molecule has 0 aliphatic rings. The minimum atomic E-state index is -0.953. The van der Waals surface area contributed by atoms with Crippen LogP contribution in [0.3, 0.4) is 0 Å². The number of rotatable bonds is 4. The van der Waals surface area contributed by atoms with E-state index in [4.69, 9.17) is 0 Å². The predicted molar refractivity (Wildman–Crippen MR) is 59.2 cm³/mol. The first-order valence-electron chi connectivity index (χ1n) is 4.44. The molecule has 0 aliphatic heterocycles. The highest BCUT2D eigenvalue weighted by Crippen LogP contribution is 2.22. The molecule has 0 saturated carbocycles. The highest BCUT2D eigenvalue weighted by molar-refractivity contribution is 9.10. The van der Waals surface area contributed by atoms with Crippen LogP contribution in [0.25, 0.3) is 0 Å². The Kier molecular flexibility index (Phi) is 3.84. The summed E-state index contributed by atoms with van der Waals surface area (Å²) >= 11 is 3.40. The van der Waals surface area contributed by atoms with Crippen LogP contribution in [-0.2, 0) is 11.2 Å². The van der Waals surface area contributed by atoms with E-state index in [9.17, 15) is 9.90 Å². The zero-order chi connectivity index (χ0) is 10.6. The van der Waals surface area contributed by atoms with Gasteiger partial charge in [-0.05, 0) is 18.6 Å². The summed E-state index contributed by atoms with van der Waals surface area (Å²) in [7, 11) is 0. The van der Waals surface area contributed by atoms with E-state index in [1.54, 1.807) is 6.92 Å². The Morgan fingerprint density at radius 1 is 1.50 bits per heavy atom. The second kappa shape index (κ2) is 4.71. The molecule has 0 aromatic heterocycles. The van der Waals surface area contributed by atoms with Crippen molar-refractivity contribution in [3.8, 4) is 0 Å². The Labute approximate surface area is 92.1 Å². The van der Waals surface area contributed by atoms with E-state index in [0.29, 0.717) is 6.42 Å². The van der Waals surface area contributed by atoms with E-state index in [1.807, 2.05) is 24.3 Å². The number of aldehydes is 1. The van der Waals surface area contributed by atoms with Gasteiger partial charge in [-0.15, -0.1) is 0 Å². The third-order valence-corrected chi connectivity index (χ3v) is 2.83. The lowest BCUT2D eigenvalue weighted by Crippen LogP contribution is -2.27. The van der Waals surface area contributed by atoms with Crippen LogP contribution in [0.5, 0.6) is 0 Å². The molecule has 76 valence electrons. The van der Waals surface area contributed by atoms with Gasteiger partial charge in [-0.3, -0.25) is 0 Å². The molecule has 1 atom stereocenters. The first kappa shape index (κ1) is 11.4. The number of carbonyl (C=O) groups excluding carboxylic acids is 1. The van der Waals surface area contributed by atoms with E-state index in [1.165, 1.54) is 0 Å². The molecule has 1 aromatic carbocycles. The molecule has 0 spiro atoms. The fraction of sp³-hybridized carbons (Fsp3) is 0.364. The lowest BCUT2D eigenvalue weighted by atomic mass is 9.94. The fourth-order valence-corrected chi connectivity index (χ4v) is 1.73. The maximum atomic E-state index is 10.3. The minimum Gasteiger partial charge on any atom is -0.389 e. The first-order valence-corrected chi connectivity index (χ1v) is 5.24. The van der Waals surface area contributed by atoms with Crippen LogP contribution in [0.1, 0.15) is 18.9 Å². The van der Waals surface area contributed by atoms with E-state index in [-0.39, 0.29) is 6.42 Å². The third-order valence-electron chi connectivity index (χ3n) is 2.05. The Bertz CT molecular complexity index is 321. The molecule has 0 saturated heterocycles. The molecule has 2 nitrogen and oxygen atoms in total. The average Bonchev–Trinajstić information content (AvgIpc) is 2.08. The van der Waals surface area contributed by atoms with E-state index < -0.39 is 5.60 Å². The summed E-state index contributed by atoms with van der Waals surface area (Å²) in [4.78, 5) is 10.3. The molecule has 0 heterocycles. The van der Waals surface area contributed by atoms with Gasteiger partial charge in [0.1, 0.15) is 6.29 Å². The molecular formula is C11H13BrO2. The van der Waals surface area contributed by atoms with Crippen LogP contribution in [-0.4, -0.2) is 17.0 Å².